The first-order valence-electron chi connectivity index (χ1n) is 5.90. The summed E-state index contributed by atoms with van der Waals surface area (Å²) >= 11 is 0. The van der Waals surface area contributed by atoms with Gasteiger partial charge in [-0.2, -0.15) is 0 Å². The second-order valence-electron chi connectivity index (χ2n) is 4.55. The second-order valence-corrected chi connectivity index (χ2v) is 4.55. The highest BCUT2D eigenvalue weighted by molar-refractivity contribution is 5.74. The van der Waals surface area contributed by atoms with Crippen LogP contribution in [-0.4, -0.2) is 24.0 Å². The number of nitrogen functional groups attached to an aromatic ring is 1. The summed E-state index contributed by atoms with van der Waals surface area (Å²) in [5, 5.41) is 0. The van der Waals surface area contributed by atoms with Gasteiger partial charge in [-0.3, -0.25) is 4.79 Å². The molecular weight excluding hydrogens is 216 g/mol. The minimum absolute atomic E-state index is 0.200. The zero-order valence-electron chi connectivity index (χ0n) is 9.80. The van der Waals surface area contributed by atoms with Crippen LogP contribution in [0.5, 0.6) is 0 Å². The molecular formula is C12H18N4O. The molecule has 0 bridgehead atoms. The van der Waals surface area contributed by atoms with Crippen molar-refractivity contribution < 1.29 is 4.79 Å². The van der Waals surface area contributed by atoms with Crippen LogP contribution in [0.2, 0.25) is 0 Å². The average molecular weight is 234 g/mol. The van der Waals surface area contributed by atoms with Crippen LogP contribution in [0.4, 0.5) is 11.5 Å². The maximum absolute atomic E-state index is 10.8. The number of hydrogen-bond acceptors (Lipinski definition) is 4. The van der Waals surface area contributed by atoms with Gasteiger partial charge in [0.25, 0.3) is 0 Å². The maximum Gasteiger partial charge on any atom is 0.217 e. The van der Waals surface area contributed by atoms with Crippen LogP contribution >= 0.6 is 0 Å². The molecule has 1 amide bonds. The van der Waals surface area contributed by atoms with Gasteiger partial charge in [-0.25, -0.2) is 4.98 Å². The van der Waals surface area contributed by atoms with Gasteiger partial charge in [-0.05, 0) is 30.9 Å². The first-order chi connectivity index (χ1) is 8.15. The molecule has 0 spiro atoms. The fraction of sp³-hybridized carbons (Fsp3) is 0.500. The molecule has 1 fully saturated rings. The van der Waals surface area contributed by atoms with E-state index < -0.39 is 0 Å². The molecule has 5 heteroatoms. The summed E-state index contributed by atoms with van der Waals surface area (Å²) in [7, 11) is 0. The topological polar surface area (TPSA) is 85.2 Å². The van der Waals surface area contributed by atoms with Gasteiger partial charge in [0.05, 0.1) is 11.9 Å². The lowest BCUT2D eigenvalue weighted by Crippen LogP contribution is -2.35. The van der Waals surface area contributed by atoms with Crippen molar-refractivity contribution in [2.45, 2.75) is 19.3 Å². The molecule has 0 aliphatic carbocycles. The van der Waals surface area contributed by atoms with E-state index in [4.69, 9.17) is 11.5 Å². The summed E-state index contributed by atoms with van der Waals surface area (Å²) in [5.41, 5.74) is 11.5. The van der Waals surface area contributed by atoms with Crippen molar-refractivity contribution in [3.05, 3.63) is 18.3 Å². The van der Waals surface area contributed by atoms with Crippen LogP contribution in [0.15, 0.2) is 18.3 Å². The molecule has 1 aliphatic heterocycles. The van der Waals surface area contributed by atoms with E-state index in [1.165, 1.54) is 0 Å². The standard InChI is InChI=1S/C12H18N4O/c13-10-1-2-12(15-8-10)16-5-3-9(4-6-16)7-11(14)17/h1-2,8-9H,3-7,13H2,(H2,14,17). The molecule has 1 aromatic heterocycles. The summed E-state index contributed by atoms with van der Waals surface area (Å²) in [6.45, 7) is 1.85. The molecule has 1 aliphatic rings. The van der Waals surface area contributed by atoms with Crippen molar-refractivity contribution in [2.24, 2.45) is 11.7 Å². The lowest BCUT2D eigenvalue weighted by atomic mass is 9.93. The van der Waals surface area contributed by atoms with Crippen molar-refractivity contribution in [3.8, 4) is 0 Å². The Bertz CT molecular complexity index is 382. The molecule has 0 atom stereocenters. The van der Waals surface area contributed by atoms with Gasteiger partial charge in [-0.1, -0.05) is 0 Å². The Kier molecular flexibility index (Phi) is 3.46. The molecule has 0 saturated carbocycles. The number of primary amides is 1. The number of aromatic nitrogens is 1. The highest BCUT2D eigenvalue weighted by atomic mass is 16.1. The van der Waals surface area contributed by atoms with E-state index in [-0.39, 0.29) is 5.91 Å². The van der Waals surface area contributed by atoms with E-state index >= 15 is 0 Å². The van der Waals surface area contributed by atoms with Crippen LogP contribution in [-0.2, 0) is 4.79 Å². The molecule has 1 saturated heterocycles. The van der Waals surface area contributed by atoms with Crippen molar-refractivity contribution in [1.82, 2.24) is 4.98 Å². The van der Waals surface area contributed by atoms with Gasteiger partial charge in [0.15, 0.2) is 0 Å². The third-order valence-corrected chi connectivity index (χ3v) is 3.20. The summed E-state index contributed by atoms with van der Waals surface area (Å²) < 4.78 is 0. The van der Waals surface area contributed by atoms with Crippen molar-refractivity contribution >= 4 is 17.4 Å². The Labute approximate surface area is 101 Å². The SMILES string of the molecule is NC(=O)CC1CCN(c2ccc(N)cn2)CC1. The first-order valence-corrected chi connectivity index (χ1v) is 5.90. The van der Waals surface area contributed by atoms with E-state index in [2.05, 4.69) is 9.88 Å². The summed E-state index contributed by atoms with van der Waals surface area (Å²) in [6, 6.07) is 3.79. The second kappa shape index (κ2) is 5.03. The zero-order valence-corrected chi connectivity index (χ0v) is 9.80. The number of rotatable bonds is 3. The van der Waals surface area contributed by atoms with E-state index in [0.29, 0.717) is 18.0 Å². The number of nitrogens with zero attached hydrogens (tertiary/aromatic N) is 2. The summed E-state index contributed by atoms with van der Waals surface area (Å²) in [6.07, 6.45) is 4.16. The number of piperidine rings is 1. The predicted molar refractivity (Wildman–Crippen MR) is 67.4 cm³/mol. The molecule has 2 heterocycles. The fourth-order valence-electron chi connectivity index (χ4n) is 2.24. The fourth-order valence-corrected chi connectivity index (χ4v) is 2.24. The average Bonchev–Trinajstić information content (AvgIpc) is 2.30. The monoisotopic (exact) mass is 234 g/mol. The lowest BCUT2D eigenvalue weighted by molar-refractivity contribution is -0.119. The van der Waals surface area contributed by atoms with E-state index in [0.717, 1.165) is 31.7 Å². The number of carbonyl (C=O) groups excluding carboxylic acids is 1. The zero-order chi connectivity index (χ0) is 12.3. The summed E-state index contributed by atoms with van der Waals surface area (Å²) in [5.74, 6) is 1.18. The molecule has 5 nitrogen and oxygen atoms in total. The number of anilines is 2. The highest BCUT2D eigenvalue weighted by Gasteiger charge is 2.21. The van der Waals surface area contributed by atoms with Gasteiger partial charge in [0, 0.05) is 19.5 Å². The normalized spacial score (nSPS) is 17.1. The van der Waals surface area contributed by atoms with Gasteiger partial charge in [0.2, 0.25) is 5.91 Å². The smallest absolute Gasteiger partial charge is 0.217 e. The van der Waals surface area contributed by atoms with Crippen LogP contribution in [0, 0.1) is 5.92 Å². The van der Waals surface area contributed by atoms with Crippen LogP contribution in [0.1, 0.15) is 19.3 Å². The summed E-state index contributed by atoms with van der Waals surface area (Å²) in [4.78, 5) is 17.4. The first kappa shape index (κ1) is 11.7. The predicted octanol–water partition coefficient (Wildman–Crippen LogP) is 0.756. The number of pyridine rings is 1. The molecule has 17 heavy (non-hydrogen) atoms. The lowest BCUT2D eigenvalue weighted by Gasteiger charge is -2.32. The molecule has 0 unspecified atom stereocenters. The van der Waals surface area contributed by atoms with Gasteiger partial charge < -0.3 is 16.4 Å². The van der Waals surface area contributed by atoms with E-state index in [9.17, 15) is 4.79 Å². The van der Waals surface area contributed by atoms with E-state index in [1.54, 1.807) is 6.20 Å². The van der Waals surface area contributed by atoms with Gasteiger partial charge in [-0.15, -0.1) is 0 Å². The third-order valence-electron chi connectivity index (χ3n) is 3.20. The highest BCUT2D eigenvalue weighted by Crippen LogP contribution is 2.23. The molecule has 92 valence electrons. The quantitative estimate of drug-likeness (QED) is 0.808. The molecule has 2 rings (SSSR count). The largest absolute Gasteiger partial charge is 0.397 e. The number of hydrogen-bond donors (Lipinski definition) is 2. The van der Waals surface area contributed by atoms with Crippen LogP contribution in [0.3, 0.4) is 0 Å². The van der Waals surface area contributed by atoms with Crippen molar-refractivity contribution in [2.75, 3.05) is 23.7 Å². The molecule has 0 radical (unpaired) electrons. The Morgan fingerprint density at radius 1 is 1.41 bits per heavy atom. The third kappa shape index (κ3) is 3.09. The molecule has 4 N–H and O–H groups in total. The molecule has 1 aromatic rings. The number of nitrogens with two attached hydrogens (primary N) is 2. The number of amides is 1. The molecule has 0 aromatic carbocycles. The van der Waals surface area contributed by atoms with Crippen LogP contribution < -0.4 is 16.4 Å². The minimum Gasteiger partial charge on any atom is -0.397 e. The maximum atomic E-state index is 10.8. The Balaban J connectivity index is 1.90. The van der Waals surface area contributed by atoms with E-state index in [1.807, 2.05) is 12.1 Å². The minimum atomic E-state index is -0.200. The Hall–Kier alpha value is -1.78. The van der Waals surface area contributed by atoms with Crippen molar-refractivity contribution in [3.63, 3.8) is 0 Å². The van der Waals surface area contributed by atoms with Gasteiger partial charge >= 0.3 is 0 Å². The van der Waals surface area contributed by atoms with Gasteiger partial charge in [0.1, 0.15) is 5.82 Å². The Morgan fingerprint density at radius 2 is 2.12 bits per heavy atom. The Morgan fingerprint density at radius 3 is 2.65 bits per heavy atom. The van der Waals surface area contributed by atoms with Crippen molar-refractivity contribution in [1.29, 1.82) is 0 Å². The number of carbonyl (C=O) groups is 1. The van der Waals surface area contributed by atoms with Crippen LogP contribution in [0.25, 0.3) is 0 Å².